The lowest BCUT2D eigenvalue weighted by Gasteiger charge is -2.06. The molecule has 1 aliphatic heterocycles. The van der Waals surface area contributed by atoms with Crippen molar-refractivity contribution in [2.45, 2.75) is 20.4 Å². The zero-order valence-electron chi connectivity index (χ0n) is 11.4. The first-order valence-corrected chi connectivity index (χ1v) is 6.61. The first-order valence-electron chi connectivity index (χ1n) is 6.24. The molecule has 3 rings (SSSR count). The minimum Gasteiger partial charge on any atom is -0.454 e. The molecule has 0 radical (unpaired) electrons. The number of aryl methyl sites for hydroxylation is 1. The molecule has 0 aliphatic carbocycles. The molecule has 0 amide bonds. The summed E-state index contributed by atoms with van der Waals surface area (Å²) in [5, 5.41) is 15.7. The van der Waals surface area contributed by atoms with Crippen LogP contribution in [0.15, 0.2) is 12.1 Å². The van der Waals surface area contributed by atoms with E-state index in [0.29, 0.717) is 34.5 Å². The summed E-state index contributed by atoms with van der Waals surface area (Å²) in [4.78, 5) is 10.6. The molecule has 8 heteroatoms. The number of rotatable bonds is 3. The quantitative estimate of drug-likeness (QED) is 0.643. The number of benzene rings is 1. The number of hydrogen-bond donors (Lipinski definition) is 0. The second kappa shape index (κ2) is 4.92. The summed E-state index contributed by atoms with van der Waals surface area (Å²) in [5.41, 5.74) is 1.78. The number of hydrogen-bond acceptors (Lipinski definition) is 5. The van der Waals surface area contributed by atoms with Gasteiger partial charge in [-0.2, -0.15) is 5.10 Å². The van der Waals surface area contributed by atoms with E-state index in [2.05, 4.69) is 5.10 Å². The molecule has 0 spiro atoms. The molecular formula is C13H12ClN3O4. The Labute approximate surface area is 125 Å². The summed E-state index contributed by atoms with van der Waals surface area (Å²) in [7, 11) is 0. The fraction of sp³-hybridized carbons (Fsp3) is 0.308. The average molecular weight is 310 g/mol. The van der Waals surface area contributed by atoms with Crippen molar-refractivity contribution < 1.29 is 14.4 Å². The maximum atomic E-state index is 11.0. The topological polar surface area (TPSA) is 79.4 Å². The largest absolute Gasteiger partial charge is 0.454 e. The van der Waals surface area contributed by atoms with Crippen LogP contribution in [0.25, 0.3) is 0 Å². The highest BCUT2D eigenvalue weighted by molar-refractivity contribution is 6.32. The van der Waals surface area contributed by atoms with Gasteiger partial charge in [0.15, 0.2) is 11.5 Å². The zero-order chi connectivity index (χ0) is 15.1. The van der Waals surface area contributed by atoms with E-state index in [1.54, 1.807) is 30.7 Å². The molecule has 2 aromatic rings. The van der Waals surface area contributed by atoms with E-state index >= 15 is 0 Å². The third-order valence-corrected chi connectivity index (χ3v) is 3.63. The molecule has 2 heterocycles. The van der Waals surface area contributed by atoms with Gasteiger partial charge in [0.05, 0.1) is 16.5 Å². The van der Waals surface area contributed by atoms with Crippen LogP contribution in [0.1, 0.15) is 17.0 Å². The molecule has 0 N–H and O–H groups in total. The molecule has 1 aliphatic rings. The molecule has 110 valence electrons. The highest BCUT2D eigenvalue weighted by Gasteiger charge is 2.23. The van der Waals surface area contributed by atoms with Gasteiger partial charge in [0.2, 0.25) is 6.79 Å². The van der Waals surface area contributed by atoms with Crippen molar-refractivity contribution in [1.82, 2.24) is 9.78 Å². The Morgan fingerprint density at radius 2 is 2.19 bits per heavy atom. The number of fused-ring (bicyclic) bond motifs is 1. The minimum absolute atomic E-state index is 0.0434. The summed E-state index contributed by atoms with van der Waals surface area (Å²) in [5.74, 6) is 1.10. The Bertz CT molecular complexity index is 742. The van der Waals surface area contributed by atoms with Crippen molar-refractivity contribution in [3.8, 4) is 11.5 Å². The van der Waals surface area contributed by atoms with Gasteiger partial charge in [0.1, 0.15) is 11.4 Å². The number of halogens is 1. The van der Waals surface area contributed by atoms with Crippen LogP contribution in [-0.2, 0) is 6.54 Å². The molecular weight excluding hydrogens is 298 g/mol. The van der Waals surface area contributed by atoms with Gasteiger partial charge in [-0.05, 0) is 31.5 Å². The van der Waals surface area contributed by atoms with E-state index in [4.69, 9.17) is 21.1 Å². The van der Waals surface area contributed by atoms with Crippen LogP contribution in [0.5, 0.6) is 11.5 Å². The normalized spacial score (nSPS) is 12.7. The Kier molecular flexibility index (Phi) is 3.21. The van der Waals surface area contributed by atoms with Gasteiger partial charge < -0.3 is 9.47 Å². The van der Waals surface area contributed by atoms with Gasteiger partial charge >= 0.3 is 5.69 Å². The van der Waals surface area contributed by atoms with E-state index in [0.717, 1.165) is 5.56 Å². The minimum atomic E-state index is -0.416. The summed E-state index contributed by atoms with van der Waals surface area (Å²) in [6.45, 7) is 3.81. The summed E-state index contributed by atoms with van der Waals surface area (Å²) in [6.07, 6.45) is 0. The van der Waals surface area contributed by atoms with Crippen molar-refractivity contribution >= 4 is 17.3 Å². The van der Waals surface area contributed by atoms with Gasteiger partial charge in [0, 0.05) is 0 Å². The second-order valence-corrected chi connectivity index (χ2v) is 5.15. The summed E-state index contributed by atoms with van der Waals surface area (Å²) >= 11 is 6.12. The molecule has 21 heavy (non-hydrogen) atoms. The number of aromatic nitrogens is 2. The standard InChI is InChI=1S/C13H12ClN3O4/c1-7-12(17(18)19)8(2)16(15-7)5-9-3-10(14)13-11(4-9)20-6-21-13/h3-4H,5-6H2,1-2H3. The fourth-order valence-corrected chi connectivity index (χ4v) is 2.68. The maximum Gasteiger partial charge on any atom is 0.312 e. The molecule has 1 aromatic carbocycles. The van der Waals surface area contributed by atoms with Gasteiger partial charge in [-0.1, -0.05) is 11.6 Å². The molecule has 7 nitrogen and oxygen atoms in total. The monoisotopic (exact) mass is 309 g/mol. The summed E-state index contributed by atoms with van der Waals surface area (Å²) < 4.78 is 12.1. The van der Waals surface area contributed by atoms with Crippen LogP contribution in [0.4, 0.5) is 5.69 Å². The van der Waals surface area contributed by atoms with E-state index in [1.807, 2.05) is 0 Å². The van der Waals surface area contributed by atoms with Crippen LogP contribution in [0.3, 0.4) is 0 Å². The summed E-state index contributed by atoms with van der Waals surface area (Å²) in [6, 6.07) is 3.55. The zero-order valence-corrected chi connectivity index (χ0v) is 12.2. The van der Waals surface area contributed by atoms with Crippen LogP contribution in [0, 0.1) is 24.0 Å². The SMILES string of the molecule is Cc1nn(Cc2cc(Cl)c3c(c2)OCO3)c(C)c1[N+](=O)[O-]. The highest BCUT2D eigenvalue weighted by atomic mass is 35.5. The molecule has 0 saturated carbocycles. The van der Waals surface area contributed by atoms with Crippen molar-refractivity contribution in [2.24, 2.45) is 0 Å². The molecule has 1 aromatic heterocycles. The van der Waals surface area contributed by atoms with Crippen LogP contribution in [-0.4, -0.2) is 21.5 Å². The lowest BCUT2D eigenvalue weighted by molar-refractivity contribution is -0.386. The maximum absolute atomic E-state index is 11.0. The van der Waals surface area contributed by atoms with Gasteiger partial charge in [-0.15, -0.1) is 0 Å². The van der Waals surface area contributed by atoms with Crippen molar-refractivity contribution in [2.75, 3.05) is 6.79 Å². The van der Waals surface area contributed by atoms with E-state index < -0.39 is 4.92 Å². The van der Waals surface area contributed by atoms with E-state index in [9.17, 15) is 10.1 Å². The van der Waals surface area contributed by atoms with E-state index in [-0.39, 0.29) is 12.5 Å². The van der Waals surface area contributed by atoms with Crippen molar-refractivity contribution in [3.63, 3.8) is 0 Å². The van der Waals surface area contributed by atoms with Gasteiger partial charge in [0.25, 0.3) is 0 Å². The molecule has 0 atom stereocenters. The molecule has 0 unspecified atom stereocenters. The lowest BCUT2D eigenvalue weighted by atomic mass is 10.2. The predicted octanol–water partition coefficient (Wildman–Crippen LogP) is 2.84. The number of nitrogens with zero attached hydrogens (tertiary/aromatic N) is 3. The van der Waals surface area contributed by atoms with Gasteiger partial charge in [-0.25, -0.2) is 0 Å². The Hall–Kier alpha value is -2.28. The molecule has 0 bridgehead atoms. The highest BCUT2D eigenvalue weighted by Crippen LogP contribution is 2.40. The third-order valence-electron chi connectivity index (χ3n) is 3.35. The predicted molar refractivity (Wildman–Crippen MR) is 75.0 cm³/mol. The second-order valence-electron chi connectivity index (χ2n) is 4.75. The average Bonchev–Trinajstić information content (AvgIpc) is 2.95. The van der Waals surface area contributed by atoms with Crippen LogP contribution >= 0.6 is 11.6 Å². The van der Waals surface area contributed by atoms with Crippen molar-refractivity contribution in [1.29, 1.82) is 0 Å². The van der Waals surface area contributed by atoms with Crippen LogP contribution < -0.4 is 9.47 Å². The Balaban J connectivity index is 1.96. The fourth-order valence-electron chi connectivity index (χ4n) is 2.39. The lowest BCUT2D eigenvalue weighted by Crippen LogP contribution is -2.04. The molecule has 0 fully saturated rings. The third kappa shape index (κ3) is 2.29. The Morgan fingerprint density at radius 3 is 2.86 bits per heavy atom. The molecule has 0 saturated heterocycles. The number of ether oxygens (including phenoxy) is 2. The van der Waals surface area contributed by atoms with Gasteiger partial charge in [-0.3, -0.25) is 14.8 Å². The first kappa shape index (κ1) is 13.7. The van der Waals surface area contributed by atoms with Crippen LogP contribution in [0.2, 0.25) is 5.02 Å². The van der Waals surface area contributed by atoms with E-state index in [1.165, 1.54) is 0 Å². The first-order chi connectivity index (χ1) is 9.97. The smallest absolute Gasteiger partial charge is 0.312 e. The Morgan fingerprint density at radius 1 is 1.43 bits per heavy atom. The number of nitro groups is 1. The van der Waals surface area contributed by atoms with Crippen molar-refractivity contribution in [3.05, 3.63) is 44.2 Å².